The molecular formula is C11H13ClN2O3. The van der Waals surface area contributed by atoms with Crippen LogP contribution in [0.25, 0.3) is 0 Å². The van der Waals surface area contributed by atoms with Gasteiger partial charge in [0.2, 0.25) is 0 Å². The van der Waals surface area contributed by atoms with Gasteiger partial charge in [0.1, 0.15) is 6.04 Å². The molecule has 0 aliphatic heterocycles. The van der Waals surface area contributed by atoms with Gasteiger partial charge in [-0.15, -0.1) is 0 Å². The summed E-state index contributed by atoms with van der Waals surface area (Å²) in [6, 6.07) is 0.528. The maximum absolute atomic E-state index is 11.8. The second-order valence-electron chi connectivity index (χ2n) is 3.89. The van der Waals surface area contributed by atoms with E-state index in [4.69, 9.17) is 16.7 Å². The molecule has 5 nitrogen and oxygen atoms in total. The van der Waals surface area contributed by atoms with Crippen LogP contribution in [0.4, 0.5) is 0 Å². The molecule has 0 fully saturated rings. The number of hydrogen-bond acceptors (Lipinski definition) is 3. The zero-order valence-electron chi connectivity index (χ0n) is 9.48. The van der Waals surface area contributed by atoms with Crippen LogP contribution in [0.2, 0.25) is 5.02 Å². The number of nitrogens with zero attached hydrogens (tertiary/aromatic N) is 1. The summed E-state index contributed by atoms with van der Waals surface area (Å²) in [6.07, 6.45) is 2.76. The van der Waals surface area contributed by atoms with Crippen molar-refractivity contribution in [2.75, 3.05) is 0 Å². The van der Waals surface area contributed by atoms with Crippen LogP contribution < -0.4 is 5.32 Å². The number of hydrogen-bond donors (Lipinski definition) is 2. The minimum absolute atomic E-state index is 0.168. The summed E-state index contributed by atoms with van der Waals surface area (Å²) in [5.41, 5.74) is 0.168. The number of carboxylic acid groups (broad SMARTS) is 1. The SMILES string of the molecule is CC(C)[C@@H](NC(=O)c1cnccc1Cl)C(=O)O. The van der Waals surface area contributed by atoms with Crippen molar-refractivity contribution < 1.29 is 14.7 Å². The number of carbonyl (C=O) groups excluding carboxylic acids is 1. The van der Waals surface area contributed by atoms with E-state index in [1.807, 2.05) is 0 Å². The maximum Gasteiger partial charge on any atom is 0.326 e. The van der Waals surface area contributed by atoms with Gasteiger partial charge in [-0.05, 0) is 12.0 Å². The molecule has 1 aromatic heterocycles. The molecular weight excluding hydrogens is 244 g/mol. The second kappa shape index (κ2) is 5.63. The number of nitrogens with one attached hydrogen (secondary N) is 1. The first kappa shape index (κ1) is 13.4. The summed E-state index contributed by atoms with van der Waals surface area (Å²) in [4.78, 5) is 26.5. The Bertz CT molecular complexity index is 434. The normalized spacial score (nSPS) is 12.2. The first-order valence-corrected chi connectivity index (χ1v) is 5.44. The fraction of sp³-hybridized carbons (Fsp3) is 0.364. The number of halogens is 1. The highest BCUT2D eigenvalue weighted by atomic mass is 35.5. The van der Waals surface area contributed by atoms with Crippen LogP contribution in [-0.2, 0) is 4.79 Å². The summed E-state index contributed by atoms with van der Waals surface area (Å²) >= 11 is 5.81. The number of carboxylic acids is 1. The summed E-state index contributed by atoms with van der Waals surface area (Å²) in [5.74, 6) is -1.83. The fourth-order valence-corrected chi connectivity index (χ4v) is 1.47. The van der Waals surface area contributed by atoms with Crippen molar-refractivity contribution in [1.29, 1.82) is 0 Å². The Morgan fingerprint density at radius 2 is 2.12 bits per heavy atom. The van der Waals surface area contributed by atoms with Gasteiger partial charge in [0, 0.05) is 12.4 Å². The van der Waals surface area contributed by atoms with E-state index in [-0.39, 0.29) is 16.5 Å². The third kappa shape index (κ3) is 3.42. The molecule has 1 heterocycles. The fourth-order valence-electron chi connectivity index (χ4n) is 1.28. The molecule has 0 unspecified atom stereocenters. The van der Waals surface area contributed by atoms with Crippen LogP contribution in [0, 0.1) is 5.92 Å². The molecule has 0 spiro atoms. The third-order valence-electron chi connectivity index (χ3n) is 2.23. The van der Waals surface area contributed by atoms with Crippen molar-refractivity contribution in [3.63, 3.8) is 0 Å². The van der Waals surface area contributed by atoms with Crippen LogP contribution in [0.5, 0.6) is 0 Å². The molecule has 0 aliphatic carbocycles. The monoisotopic (exact) mass is 256 g/mol. The molecule has 0 aromatic carbocycles. The van der Waals surface area contributed by atoms with Gasteiger partial charge in [-0.3, -0.25) is 9.78 Å². The number of amides is 1. The van der Waals surface area contributed by atoms with E-state index in [9.17, 15) is 9.59 Å². The van der Waals surface area contributed by atoms with E-state index in [2.05, 4.69) is 10.3 Å². The molecule has 2 N–H and O–H groups in total. The molecule has 1 rings (SSSR count). The number of aromatic nitrogens is 1. The van der Waals surface area contributed by atoms with Gasteiger partial charge in [-0.1, -0.05) is 25.4 Å². The van der Waals surface area contributed by atoms with Crippen LogP contribution in [0.15, 0.2) is 18.5 Å². The van der Waals surface area contributed by atoms with Crippen LogP contribution in [0.3, 0.4) is 0 Å². The van der Waals surface area contributed by atoms with Gasteiger partial charge in [0.25, 0.3) is 5.91 Å². The van der Waals surface area contributed by atoms with E-state index in [0.717, 1.165) is 0 Å². The Balaban J connectivity index is 2.85. The maximum atomic E-state index is 11.8. The molecule has 0 aliphatic rings. The van der Waals surface area contributed by atoms with Crippen LogP contribution in [0.1, 0.15) is 24.2 Å². The Hall–Kier alpha value is -1.62. The summed E-state index contributed by atoms with van der Waals surface area (Å²) in [7, 11) is 0. The van der Waals surface area contributed by atoms with Crippen LogP contribution >= 0.6 is 11.6 Å². The lowest BCUT2D eigenvalue weighted by molar-refractivity contribution is -0.140. The van der Waals surface area contributed by atoms with Gasteiger partial charge in [-0.2, -0.15) is 0 Å². The molecule has 0 radical (unpaired) electrons. The van der Waals surface area contributed by atoms with Crippen molar-refractivity contribution in [3.8, 4) is 0 Å². The largest absolute Gasteiger partial charge is 0.480 e. The van der Waals surface area contributed by atoms with Crippen molar-refractivity contribution in [3.05, 3.63) is 29.0 Å². The van der Waals surface area contributed by atoms with E-state index < -0.39 is 17.9 Å². The molecule has 1 aromatic rings. The van der Waals surface area contributed by atoms with Crippen molar-refractivity contribution in [1.82, 2.24) is 10.3 Å². The van der Waals surface area contributed by atoms with Gasteiger partial charge in [0.05, 0.1) is 10.6 Å². The Labute approximate surface area is 104 Å². The van der Waals surface area contributed by atoms with E-state index >= 15 is 0 Å². The number of rotatable bonds is 4. The molecule has 6 heteroatoms. The average molecular weight is 257 g/mol. The Morgan fingerprint density at radius 3 is 2.59 bits per heavy atom. The van der Waals surface area contributed by atoms with Gasteiger partial charge >= 0.3 is 5.97 Å². The quantitative estimate of drug-likeness (QED) is 0.857. The van der Waals surface area contributed by atoms with E-state index in [1.165, 1.54) is 18.5 Å². The zero-order valence-corrected chi connectivity index (χ0v) is 10.2. The van der Waals surface area contributed by atoms with Crippen molar-refractivity contribution in [2.45, 2.75) is 19.9 Å². The highest BCUT2D eigenvalue weighted by Gasteiger charge is 2.24. The number of aliphatic carboxylic acids is 1. The lowest BCUT2D eigenvalue weighted by Gasteiger charge is -2.17. The van der Waals surface area contributed by atoms with E-state index in [1.54, 1.807) is 13.8 Å². The lowest BCUT2D eigenvalue weighted by atomic mass is 10.0. The molecule has 0 bridgehead atoms. The molecule has 0 saturated carbocycles. The molecule has 92 valence electrons. The predicted octanol–water partition coefficient (Wildman–Crippen LogP) is 1.57. The van der Waals surface area contributed by atoms with Crippen LogP contribution in [-0.4, -0.2) is 28.0 Å². The van der Waals surface area contributed by atoms with Gasteiger partial charge in [0.15, 0.2) is 0 Å². The second-order valence-corrected chi connectivity index (χ2v) is 4.30. The summed E-state index contributed by atoms with van der Waals surface area (Å²) in [6.45, 7) is 3.42. The smallest absolute Gasteiger partial charge is 0.326 e. The number of pyridine rings is 1. The standard InChI is InChI=1S/C11H13ClN2O3/c1-6(2)9(11(16)17)14-10(15)7-5-13-4-3-8(7)12/h3-6,9H,1-2H3,(H,14,15)(H,16,17)/t9-/m1/s1. The first-order chi connectivity index (χ1) is 7.93. The number of carbonyl (C=O) groups is 2. The summed E-state index contributed by atoms with van der Waals surface area (Å²) < 4.78 is 0. The molecule has 1 atom stereocenters. The lowest BCUT2D eigenvalue weighted by Crippen LogP contribution is -2.44. The molecule has 1 amide bonds. The van der Waals surface area contributed by atoms with E-state index in [0.29, 0.717) is 0 Å². The molecule has 17 heavy (non-hydrogen) atoms. The Kier molecular flexibility index (Phi) is 4.45. The highest BCUT2D eigenvalue weighted by molar-refractivity contribution is 6.33. The summed E-state index contributed by atoms with van der Waals surface area (Å²) in [5, 5.41) is 11.6. The Morgan fingerprint density at radius 1 is 1.47 bits per heavy atom. The van der Waals surface area contributed by atoms with Gasteiger partial charge < -0.3 is 10.4 Å². The minimum Gasteiger partial charge on any atom is -0.480 e. The van der Waals surface area contributed by atoms with Gasteiger partial charge in [-0.25, -0.2) is 4.79 Å². The minimum atomic E-state index is -1.08. The first-order valence-electron chi connectivity index (χ1n) is 5.06. The average Bonchev–Trinajstić information content (AvgIpc) is 2.25. The zero-order chi connectivity index (χ0) is 13.0. The topological polar surface area (TPSA) is 79.3 Å². The molecule has 0 saturated heterocycles. The highest BCUT2D eigenvalue weighted by Crippen LogP contribution is 2.14. The predicted molar refractivity (Wildman–Crippen MR) is 63.0 cm³/mol. The van der Waals surface area contributed by atoms with Crippen molar-refractivity contribution in [2.24, 2.45) is 5.92 Å². The van der Waals surface area contributed by atoms with Crippen molar-refractivity contribution >= 4 is 23.5 Å². The third-order valence-corrected chi connectivity index (χ3v) is 2.56.